The van der Waals surface area contributed by atoms with Crippen LogP contribution in [0.25, 0.3) is 0 Å². The lowest BCUT2D eigenvalue weighted by molar-refractivity contribution is 0.0993. The van der Waals surface area contributed by atoms with E-state index >= 15 is 0 Å². The first-order valence-corrected chi connectivity index (χ1v) is 10.3. The van der Waals surface area contributed by atoms with Gasteiger partial charge in [-0.25, -0.2) is 0 Å². The van der Waals surface area contributed by atoms with Gasteiger partial charge in [0.1, 0.15) is 0 Å². The number of carbonyl (C=O) groups is 1. The van der Waals surface area contributed by atoms with Gasteiger partial charge in [0.05, 0.1) is 18.5 Å². The minimum Gasteiger partial charge on any atom is -0.378 e. The van der Waals surface area contributed by atoms with E-state index < -0.39 is 0 Å². The number of thioether (sulfide) groups is 1. The Labute approximate surface area is 165 Å². The molecule has 1 saturated heterocycles. The maximum Gasteiger partial charge on any atom is 0.228 e. The number of hydrogen-bond acceptors (Lipinski definition) is 6. The van der Waals surface area contributed by atoms with E-state index in [4.69, 9.17) is 4.74 Å². The Balaban J connectivity index is 1.79. The number of ketones is 1. The van der Waals surface area contributed by atoms with Crippen molar-refractivity contribution in [3.05, 3.63) is 34.4 Å². The van der Waals surface area contributed by atoms with Gasteiger partial charge in [-0.2, -0.15) is 0 Å². The smallest absolute Gasteiger partial charge is 0.228 e. The highest BCUT2D eigenvalue weighted by Crippen LogP contribution is 2.29. The second kappa shape index (κ2) is 8.44. The number of hydrogen-bond donors (Lipinski definition) is 0. The SMILES string of the molecule is CCn1c(S[C@H](C)C(=O)c2cc(C)c(C)cc2C)nnc1N1CCOCC1. The molecule has 1 aromatic heterocycles. The summed E-state index contributed by atoms with van der Waals surface area (Å²) >= 11 is 1.48. The number of nitrogens with zero attached hydrogens (tertiary/aromatic N) is 4. The molecule has 2 heterocycles. The maximum absolute atomic E-state index is 13.0. The van der Waals surface area contributed by atoms with Crippen LogP contribution in [0.4, 0.5) is 5.95 Å². The molecular weight excluding hydrogens is 360 g/mol. The summed E-state index contributed by atoms with van der Waals surface area (Å²) < 4.78 is 7.52. The molecule has 0 saturated carbocycles. The molecule has 1 aromatic carbocycles. The highest BCUT2D eigenvalue weighted by Gasteiger charge is 2.24. The van der Waals surface area contributed by atoms with Crippen LogP contribution in [0.5, 0.6) is 0 Å². The van der Waals surface area contributed by atoms with E-state index in [1.54, 1.807) is 0 Å². The standard InChI is InChI=1S/C20H28N4O2S/c1-6-24-19(23-7-9-26-10-8-23)21-22-20(24)27-16(5)18(25)17-12-14(3)13(2)11-15(17)4/h11-12,16H,6-10H2,1-5H3/t16-/m1/s1. The molecule has 146 valence electrons. The van der Waals surface area contributed by atoms with Crippen LogP contribution in [-0.2, 0) is 11.3 Å². The summed E-state index contributed by atoms with van der Waals surface area (Å²) in [6.45, 7) is 14.0. The normalized spacial score (nSPS) is 15.8. The molecule has 0 N–H and O–H groups in total. The Morgan fingerprint density at radius 1 is 1.15 bits per heavy atom. The summed E-state index contributed by atoms with van der Waals surface area (Å²) in [6, 6.07) is 4.10. The molecule has 0 spiro atoms. The number of benzene rings is 1. The number of rotatable bonds is 6. The van der Waals surface area contributed by atoms with Gasteiger partial charge in [-0.3, -0.25) is 9.36 Å². The second-order valence-corrected chi connectivity index (χ2v) is 8.31. The molecule has 2 aromatic rings. The Bertz CT molecular complexity index is 828. The number of Topliss-reactive ketones (excluding diaryl/α,β-unsaturated/α-hetero) is 1. The molecule has 6 nitrogen and oxygen atoms in total. The van der Waals surface area contributed by atoms with Crippen LogP contribution in [0.15, 0.2) is 17.3 Å². The van der Waals surface area contributed by atoms with Crippen molar-refractivity contribution in [2.45, 2.75) is 51.6 Å². The molecule has 0 unspecified atom stereocenters. The van der Waals surface area contributed by atoms with Gasteiger partial charge in [-0.05, 0) is 57.4 Å². The zero-order valence-electron chi connectivity index (χ0n) is 16.8. The van der Waals surface area contributed by atoms with Gasteiger partial charge in [-0.15, -0.1) is 10.2 Å². The average molecular weight is 389 g/mol. The molecule has 1 fully saturated rings. The molecular formula is C20H28N4O2S. The van der Waals surface area contributed by atoms with Crippen LogP contribution in [0.1, 0.15) is 40.9 Å². The van der Waals surface area contributed by atoms with Gasteiger partial charge in [0.2, 0.25) is 5.95 Å². The van der Waals surface area contributed by atoms with E-state index in [2.05, 4.69) is 39.6 Å². The average Bonchev–Trinajstić information content (AvgIpc) is 3.07. The Hall–Kier alpha value is -1.86. The predicted octanol–water partition coefficient (Wildman–Crippen LogP) is 3.42. The molecule has 7 heteroatoms. The topological polar surface area (TPSA) is 60.2 Å². The summed E-state index contributed by atoms with van der Waals surface area (Å²) in [4.78, 5) is 15.2. The van der Waals surface area contributed by atoms with Crippen LogP contribution in [0.3, 0.4) is 0 Å². The molecule has 3 rings (SSSR count). The monoisotopic (exact) mass is 388 g/mol. The van der Waals surface area contributed by atoms with Gasteiger partial charge in [0.15, 0.2) is 10.9 Å². The molecule has 0 bridgehead atoms. The fraction of sp³-hybridized carbons (Fsp3) is 0.550. The van der Waals surface area contributed by atoms with Gasteiger partial charge < -0.3 is 9.64 Å². The van der Waals surface area contributed by atoms with Crippen molar-refractivity contribution in [1.82, 2.24) is 14.8 Å². The molecule has 1 aliphatic heterocycles. The lowest BCUT2D eigenvalue weighted by atomic mass is 9.97. The van der Waals surface area contributed by atoms with E-state index in [-0.39, 0.29) is 11.0 Å². The fourth-order valence-corrected chi connectivity index (χ4v) is 4.27. The first-order chi connectivity index (χ1) is 12.9. The van der Waals surface area contributed by atoms with E-state index in [9.17, 15) is 4.79 Å². The fourth-order valence-electron chi connectivity index (χ4n) is 3.30. The third-order valence-corrected chi connectivity index (χ3v) is 6.15. The summed E-state index contributed by atoms with van der Waals surface area (Å²) in [6.07, 6.45) is 0. The summed E-state index contributed by atoms with van der Waals surface area (Å²) in [5.74, 6) is 1.00. The van der Waals surface area contributed by atoms with E-state index in [0.717, 1.165) is 47.4 Å². The quantitative estimate of drug-likeness (QED) is 0.558. The Morgan fingerprint density at radius 3 is 2.48 bits per heavy atom. The minimum absolute atomic E-state index is 0.138. The minimum atomic E-state index is -0.224. The number of aromatic nitrogens is 3. The van der Waals surface area contributed by atoms with E-state index in [1.807, 2.05) is 26.8 Å². The molecule has 1 atom stereocenters. The second-order valence-electron chi connectivity index (χ2n) is 7.00. The lowest BCUT2D eigenvalue weighted by Gasteiger charge is -2.27. The summed E-state index contributed by atoms with van der Waals surface area (Å²) in [7, 11) is 0. The summed E-state index contributed by atoms with van der Waals surface area (Å²) in [5.41, 5.74) is 4.19. The Kier molecular flexibility index (Phi) is 6.22. The van der Waals surface area contributed by atoms with Crippen molar-refractivity contribution in [2.24, 2.45) is 0 Å². The van der Waals surface area contributed by atoms with Crippen LogP contribution in [-0.4, -0.2) is 52.1 Å². The first kappa shape index (κ1) is 19.9. The highest BCUT2D eigenvalue weighted by atomic mass is 32.2. The molecule has 0 radical (unpaired) electrons. The molecule has 27 heavy (non-hydrogen) atoms. The molecule has 0 amide bonds. The largest absolute Gasteiger partial charge is 0.378 e. The van der Waals surface area contributed by atoms with Gasteiger partial charge >= 0.3 is 0 Å². The zero-order valence-corrected chi connectivity index (χ0v) is 17.6. The van der Waals surface area contributed by atoms with E-state index in [1.165, 1.54) is 17.3 Å². The van der Waals surface area contributed by atoms with Crippen LogP contribution in [0.2, 0.25) is 0 Å². The highest BCUT2D eigenvalue weighted by molar-refractivity contribution is 8.00. The number of ether oxygens (including phenoxy) is 1. The van der Waals surface area contributed by atoms with Crippen molar-refractivity contribution in [2.75, 3.05) is 31.2 Å². The Morgan fingerprint density at radius 2 is 1.81 bits per heavy atom. The lowest BCUT2D eigenvalue weighted by Crippen LogP contribution is -2.38. The van der Waals surface area contributed by atoms with Gasteiger partial charge in [-0.1, -0.05) is 17.8 Å². The van der Waals surface area contributed by atoms with Crippen molar-refractivity contribution in [3.63, 3.8) is 0 Å². The van der Waals surface area contributed by atoms with Crippen molar-refractivity contribution in [3.8, 4) is 0 Å². The number of aryl methyl sites for hydroxylation is 3. The molecule has 1 aliphatic rings. The van der Waals surface area contributed by atoms with Gasteiger partial charge in [0, 0.05) is 25.2 Å². The van der Waals surface area contributed by atoms with Crippen LogP contribution >= 0.6 is 11.8 Å². The van der Waals surface area contributed by atoms with Crippen LogP contribution < -0.4 is 4.90 Å². The molecule has 0 aliphatic carbocycles. The summed E-state index contributed by atoms with van der Waals surface area (Å²) in [5, 5.41) is 9.33. The van der Waals surface area contributed by atoms with Gasteiger partial charge in [0.25, 0.3) is 0 Å². The van der Waals surface area contributed by atoms with Crippen molar-refractivity contribution in [1.29, 1.82) is 0 Å². The number of morpholine rings is 1. The third kappa shape index (κ3) is 4.19. The van der Waals surface area contributed by atoms with Crippen molar-refractivity contribution >= 4 is 23.5 Å². The first-order valence-electron chi connectivity index (χ1n) is 9.47. The van der Waals surface area contributed by atoms with E-state index in [0.29, 0.717) is 13.2 Å². The zero-order chi connectivity index (χ0) is 19.6. The van der Waals surface area contributed by atoms with Crippen LogP contribution in [0, 0.1) is 20.8 Å². The van der Waals surface area contributed by atoms with Crippen molar-refractivity contribution < 1.29 is 9.53 Å². The predicted molar refractivity (Wildman–Crippen MR) is 109 cm³/mol. The maximum atomic E-state index is 13.0. The third-order valence-electron chi connectivity index (χ3n) is 5.07. The number of anilines is 1. The number of carbonyl (C=O) groups excluding carboxylic acids is 1.